The number of halogens is 3. The number of piperidine rings is 2. The number of rotatable bonds is 8. The summed E-state index contributed by atoms with van der Waals surface area (Å²) in [4.78, 5) is 30.4. The first-order valence-electron chi connectivity index (χ1n) is 14.9. The molecule has 2 fully saturated rings. The molecule has 0 bridgehead atoms. The summed E-state index contributed by atoms with van der Waals surface area (Å²) >= 11 is 13.4. The molecule has 0 aliphatic carbocycles. The molecule has 0 radical (unpaired) electrons. The van der Waals surface area contributed by atoms with Gasteiger partial charge in [-0.3, -0.25) is 4.79 Å². The Morgan fingerprint density at radius 1 is 0.860 bits per heavy atom. The van der Waals surface area contributed by atoms with Crippen LogP contribution in [0.1, 0.15) is 60.0 Å². The number of benzene rings is 3. The predicted molar refractivity (Wildman–Crippen MR) is 178 cm³/mol. The van der Waals surface area contributed by atoms with Crippen molar-refractivity contribution in [2.24, 2.45) is 0 Å². The van der Waals surface area contributed by atoms with E-state index in [1.54, 1.807) is 7.05 Å². The van der Waals surface area contributed by atoms with Gasteiger partial charge in [0.15, 0.2) is 0 Å². The molecule has 2 N–H and O–H groups in total. The zero-order chi connectivity index (χ0) is 29.6. The number of carbonyl (C=O) groups excluding carboxylic acids is 2. The van der Waals surface area contributed by atoms with Gasteiger partial charge in [-0.1, -0.05) is 83.9 Å². The van der Waals surface area contributed by atoms with Crippen LogP contribution in [0.2, 0.25) is 10.0 Å². The molecule has 3 aromatic rings. The molecule has 3 aromatic carbocycles. The number of urea groups is 1. The molecule has 0 aromatic heterocycles. The molecule has 6 nitrogen and oxygen atoms in total. The van der Waals surface area contributed by atoms with Crippen LogP contribution in [0, 0.1) is 0 Å². The molecular weight excluding hydrogens is 603 g/mol. The highest BCUT2D eigenvalue weighted by molar-refractivity contribution is 6.42. The zero-order valence-corrected chi connectivity index (χ0v) is 27.0. The minimum absolute atomic E-state index is 0. The summed E-state index contributed by atoms with van der Waals surface area (Å²) in [7, 11) is 1.66. The highest BCUT2D eigenvalue weighted by atomic mass is 35.5. The second-order valence-corrected chi connectivity index (χ2v) is 12.5. The van der Waals surface area contributed by atoms with Gasteiger partial charge in [0, 0.05) is 44.2 Å². The monoisotopic (exact) mass is 642 g/mol. The smallest absolute Gasteiger partial charge is 0.315 e. The first kappa shape index (κ1) is 33.1. The van der Waals surface area contributed by atoms with Crippen molar-refractivity contribution in [3.8, 4) is 0 Å². The second kappa shape index (κ2) is 14.8. The lowest BCUT2D eigenvalue weighted by molar-refractivity contribution is 0.0616. The van der Waals surface area contributed by atoms with Crippen molar-refractivity contribution in [3.63, 3.8) is 0 Å². The fourth-order valence-electron chi connectivity index (χ4n) is 6.86. The Bertz CT molecular complexity index is 1370. The van der Waals surface area contributed by atoms with E-state index in [9.17, 15) is 9.59 Å². The largest absolute Gasteiger partial charge is 0.341 e. The van der Waals surface area contributed by atoms with E-state index in [0.29, 0.717) is 22.2 Å². The van der Waals surface area contributed by atoms with Crippen molar-refractivity contribution >= 4 is 47.5 Å². The lowest BCUT2D eigenvalue weighted by Gasteiger charge is -2.45. The van der Waals surface area contributed by atoms with Crippen molar-refractivity contribution in [1.82, 2.24) is 20.4 Å². The molecule has 0 spiro atoms. The molecule has 230 valence electrons. The average Bonchev–Trinajstić information content (AvgIpc) is 3.03. The molecule has 3 amide bonds. The summed E-state index contributed by atoms with van der Waals surface area (Å²) < 4.78 is 0. The number of likely N-dealkylation sites (tertiary alicyclic amines) is 2. The van der Waals surface area contributed by atoms with Crippen LogP contribution in [0.3, 0.4) is 0 Å². The van der Waals surface area contributed by atoms with E-state index in [4.69, 9.17) is 23.2 Å². The number of carbonyl (C=O) groups is 2. The van der Waals surface area contributed by atoms with Gasteiger partial charge in [-0.2, -0.15) is 0 Å². The quantitative estimate of drug-likeness (QED) is 0.271. The molecule has 1 atom stereocenters. The number of hydrogen-bond acceptors (Lipinski definition) is 3. The van der Waals surface area contributed by atoms with Crippen LogP contribution in [0.4, 0.5) is 4.79 Å². The van der Waals surface area contributed by atoms with Crippen LogP contribution in [0.15, 0.2) is 78.9 Å². The van der Waals surface area contributed by atoms with Gasteiger partial charge in [0.05, 0.1) is 15.6 Å². The average molecular weight is 644 g/mol. The van der Waals surface area contributed by atoms with Crippen LogP contribution in [0.5, 0.6) is 0 Å². The first-order chi connectivity index (χ1) is 20.4. The van der Waals surface area contributed by atoms with E-state index in [2.05, 4.69) is 33.7 Å². The molecule has 2 saturated heterocycles. The SMILES string of the molecule is CNC(=O)NC1(c2ccccc2)CCN(CCCC2(c3cccc(Cl)c3Cl)CCCN(C(=O)c3ccccc3)C2)CC1.Cl. The molecule has 2 aliphatic heterocycles. The molecule has 5 rings (SSSR count). The van der Waals surface area contributed by atoms with E-state index in [0.717, 1.165) is 75.8 Å². The Hall–Kier alpha value is -2.77. The third kappa shape index (κ3) is 7.49. The topological polar surface area (TPSA) is 64.7 Å². The number of hydrogen-bond donors (Lipinski definition) is 2. The fourth-order valence-corrected chi connectivity index (χ4v) is 7.36. The minimum Gasteiger partial charge on any atom is -0.341 e. The lowest BCUT2D eigenvalue weighted by Crippen LogP contribution is -2.55. The van der Waals surface area contributed by atoms with Gasteiger partial charge in [-0.05, 0) is 74.4 Å². The van der Waals surface area contributed by atoms with Gasteiger partial charge in [0.25, 0.3) is 5.91 Å². The predicted octanol–water partition coefficient (Wildman–Crippen LogP) is 7.29. The van der Waals surface area contributed by atoms with E-state index >= 15 is 0 Å². The van der Waals surface area contributed by atoms with E-state index in [-0.39, 0.29) is 35.3 Å². The Labute approximate surface area is 271 Å². The Kier molecular flexibility index (Phi) is 11.4. The standard InChI is InChI=1S/C34H40Cl2N4O2.ClH/c1-37-32(42)38-34(27-13-6-3-7-14-27)19-23-39(24-20-34)21-9-17-33(28-15-8-16-29(35)30(28)36)18-10-22-40(25-33)31(41)26-11-4-2-5-12-26;/h2-8,11-16H,9-10,17-25H2,1H3,(H2,37,38,42);1H. The van der Waals surface area contributed by atoms with E-state index < -0.39 is 0 Å². The van der Waals surface area contributed by atoms with Gasteiger partial charge < -0.3 is 20.4 Å². The molecule has 0 saturated carbocycles. The Morgan fingerprint density at radius 3 is 2.21 bits per heavy atom. The van der Waals surface area contributed by atoms with Gasteiger partial charge in [-0.25, -0.2) is 4.79 Å². The van der Waals surface area contributed by atoms with Crippen LogP contribution in [0.25, 0.3) is 0 Å². The van der Waals surface area contributed by atoms with Crippen molar-refractivity contribution in [2.75, 3.05) is 39.8 Å². The lowest BCUT2D eigenvalue weighted by atomic mass is 9.70. The third-order valence-corrected chi connectivity index (χ3v) is 9.97. The summed E-state index contributed by atoms with van der Waals surface area (Å²) in [6.45, 7) is 4.08. The Morgan fingerprint density at radius 2 is 1.53 bits per heavy atom. The van der Waals surface area contributed by atoms with Crippen molar-refractivity contribution in [3.05, 3.63) is 106 Å². The van der Waals surface area contributed by atoms with Crippen molar-refractivity contribution in [2.45, 2.75) is 49.5 Å². The number of nitrogens with zero attached hydrogens (tertiary/aromatic N) is 2. The van der Waals surface area contributed by atoms with Gasteiger partial charge >= 0.3 is 6.03 Å². The van der Waals surface area contributed by atoms with E-state index in [1.165, 1.54) is 0 Å². The van der Waals surface area contributed by atoms with Crippen LogP contribution in [-0.2, 0) is 11.0 Å². The van der Waals surface area contributed by atoms with Crippen LogP contribution in [-0.4, -0.2) is 61.5 Å². The molecule has 9 heteroatoms. The first-order valence-corrected chi connectivity index (χ1v) is 15.7. The fraction of sp³-hybridized carbons (Fsp3) is 0.412. The minimum atomic E-state index is -0.380. The highest BCUT2D eigenvalue weighted by Gasteiger charge is 2.41. The molecule has 1 unspecified atom stereocenters. The molecule has 2 aliphatic rings. The maximum absolute atomic E-state index is 13.5. The number of nitrogens with one attached hydrogen (secondary N) is 2. The Balaban J connectivity index is 0.00000423. The van der Waals surface area contributed by atoms with Gasteiger partial charge in [0.2, 0.25) is 0 Å². The maximum atomic E-state index is 13.5. The maximum Gasteiger partial charge on any atom is 0.315 e. The van der Waals surface area contributed by atoms with E-state index in [1.807, 2.05) is 65.6 Å². The van der Waals surface area contributed by atoms with Crippen molar-refractivity contribution in [1.29, 1.82) is 0 Å². The molecule has 2 heterocycles. The van der Waals surface area contributed by atoms with Gasteiger partial charge in [-0.15, -0.1) is 12.4 Å². The zero-order valence-electron chi connectivity index (χ0n) is 24.7. The summed E-state index contributed by atoms with van der Waals surface area (Å²) in [6, 6.07) is 25.5. The highest BCUT2D eigenvalue weighted by Crippen LogP contribution is 2.44. The van der Waals surface area contributed by atoms with Crippen molar-refractivity contribution < 1.29 is 9.59 Å². The summed E-state index contributed by atoms with van der Waals surface area (Å²) in [5.41, 5.74) is 2.25. The third-order valence-electron chi connectivity index (χ3n) is 9.15. The molecular formula is C34H41Cl3N4O2. The summed E-state index contributed by atoms with van der Waals surface area (Å²) in [5, 5.41) is 7.13. The summed E-state index contributed by atoms with van der Waals surface area (Å²) in [5.74, 6) is 0.0646. The van der Waals surface area contributed by atoms with Crippen LogP contribution < -0.4 is 10.6 Å². The number of amides is 3. The molecule has 43 heavy (non-hydrogen) atoms. The van der Waals surface area contributed by atoms with Gasteiger partial charge in [0.1, 0.15) is 0 Å². The normalized spacial score (nSPS) is 20.1. The summed E-state index contributed by atoms with van der Waals surface area (Å²) in [6.07, 6.45) is 5.43. The van der Waals surface area contributed by atoms with Crippen LogP contribution >= 0.6 is 35.6 Å². The second-order valence-electron chi connectivity index (χ2n) is 11.7.